The number of nitrogens with one attached hydrogen (secondary N) is 1. The molecule has 1 amide bonds. The van der Waals surface area contributed by atoms with Crippen LogP contribution < -0.4 is 11.1 Å². The van der Waals surface area contributed by atoms with E-state index >= 15 is 0 Å². The average Bonchev–Trinajstić information content (AvgIpc) is 3.07. The van der Waals surface area contributed by atoms with Gasteiger partial charge in [0.15, 0.2) is 6.61 Å². The molecular formula is C19H16FN3O5S. The largest absolute Gasteiger partial charge is 0.454 e. The van der Waals surface area contributed by atoms with E-state index in [9.17, 15) is 18.8 Å². The first-order valence-corrected chi connectivity index (χ1v) is 9.60. The van der Waals surface area contributed by atoms with Crippen LogP contribution in [0.5, 0.6) is 0 Å². The molecule has 0 bridgehead atoms. The van der Waals surface area contributed by atoms with Gasteiger partial charge in [-0.1, -0.05) is 6.07 Å². The number of carbonyl (C=O) groups is 2. The second-order valence-electron chi connectivity index (χ2n) is 5.78. The van der Waals surface area contributed by atoms with Crippen LogP contribution in [-0.2, 0) is 20.9 Å². The first kappa shape index (κ1) is 20.3. The summed E-state index contributed by atoms with van der Waals surface area (Å²) in [5, 5.41) is 6.49. The predicted octanol–water partition coefficient (Wildman–Crippen LogP) is 2.55. The highest BCUT2D eigenvalue weighted by Gasteiger charge is 2.15. The molecule has 0 spiro atoms. The molecule has 0 aliphatic rings. The van der Waals surface area contributed by atoms with Crippen molar-refractivity contribution in [3.05, 3.63) is 64.9 Å². The van der Waals surface area contributed by atoms with E-state index in [2.05, 4.69) is 10.4 Å². The molecule has 0 saturated carbocycles. The zero-order valence-corrected chi connectivity index (χ0v) is 16.1. The van der Waals surface area contributed by atoms with Crippen LogP contribution in [0.15, 0.2) is 62.6 Å². The molecule has 1 heterocycles. The third-order valence-corrected chi connectivity index (χ3v) is 4.42. The van der Waals surface area contributed by atoms with Gasteiger partial charge >= 0.3 is 11.7 Å². The van der Waals surface area contributed by atoms with Crippen LogP contribution in [0.25, 0.3) is 11.5 Å². The molecule has 0 unspecified atom stereocenters. The van der Waals surface area contributed by atoms with Crippen LogP contribution in [0.4, 0.5) is 10.1 Å². The van der Waals surface area contributed by atoms with Crippen LogP contribution in [0, 0.1) is 5.82 Å². The van der Waals surface area contributed by atoms with Gasteiger partial charge in [-0.2, -0.15) is 4.68 Å². The Bertz CT molecular complexity index is 1080. The van der Waals surface area contributed by atoms with E-state index in [1.54, 1.807) is 18.2 Å². The quantitative estimate of drug-likeness (QED) is 0.465. The zero-order chi connectivity index (χ0) is 20.8. The molecule has 3 rings (SSSR count). The Balaban J connectivity index is 1.54. The van der Waals surface area contributed by atoms with E-state index in [0.29, 0.717) is 11.3 Å². The van der Waals surface area contributed by atoms with Gasteiger partial charge in [-0.25, -0.2) is 9.18 Å². The second kappa shape index (κ2) is 9.20. The molecule has 0 fully saturated rings. The van der Waals surface area contributed by atoms with Crippen molar-refractivity contribution in [2.45, 2.75) is 11.4 Å². The van der Waals surface area contributed by atoms with Crippen molar-refractivity contribution >= 4 is 29.3 Å². The number of thioether (sulfide) groups is 1. The minimum atomic E-state index is -0.875. The summed E-state index contributed by atoms with van der Waals surface area (Å²) in [4.78, 5) is 36.6. The number of anilines is 1. The Morgan fingerprint density at radius 3 is 2.72 bits per heavy atom. The smallest absolute Gasteiger partial charge is 0.437 e. The van der Waals surface area contributed by atoms with E-state index in [1.165, 1.54) is 36.0 Å². The fraction of sp³-hybridized carbons (Fsp3) is 0.158. The van der Waals surface area contributed by atoms with Crippen molar-refractivity contribution < 1.29 is 23.1 Å². The van der Waals surface area contributed by atoms with Crippen molar-refractivity contribution in [2.75, 3.05) is 18.2 Å². The maximum absolute atomic E-state index is 13.0. The lowest BCUT2D eigenvalue weighted by Gasteiger charge is -2.07. The number of aromatic nitrogens is 2. The van der Waals surface area contributed by atoms with Gasteiger partial charge in [0.1, 0.15) is 12.4 Å². The molecule has 3 aromatic rings. The molecular weight excluding hydrogens is 401 g/mol. The van der Waals surface area contributed by atoms with Gasteiger partial charge in [0, 0.05) is 16.1 Å². The molecule has 1 aromatic heterocycles. The minimum absolute atomic E-state index is 0.0609. The fourth-order valence-corrected chi connectivity index (χ4v) is 2.79. The summed E-state index contributed by atoms with van der Waals surface area (Å²) in [6.07, 6.45) is 1.91. The van der Waals surface area contributed by atoms with Gasteiger partial charge in [-0.05, 0) is 48.7 Å². The molecule has 0 atom stereocenters. The Labute approximate surface area is 168 Å². The van der Waals surface area contributed by atoms with Gasteiger partial charge in [-0.15, -0.1) is 16.9 Å². The van der Waals surface area contributed by atoms with Gasteiger partial charge in [0.05, 0.1) is 0 Å². The number of halogens is 1. The molecule has 150 valence electrons. The Morgan fingerprint density at radius 1 is 1.24 bits per heavy atom. The lowest BCUT2D eigenvalue weighted by Crippen LogP contribution is -2.26. The maximum atomic E-state index is 13.0. The monoisotopic (exact) mass is 417 g/mol. The number of carbonyl (C=O) groups excluding carboxylic acids is 2. The summed E-state index contributed by atoms with van der Waals surface area (Å²) in [5.74, 6) is -2.73. The number of nitrogens with zero attached hydrogens (tertiary/aromatic N) is 2. The Morgan fingerprint density at radius 2 is 2.00 bits per heavy atom. The molecule has 8 nitrogen and oxygen atoms in total. The molecule has 2 aromatic carbocycles. The zero-order valence-electron chi connectivity index (χ0n) is 15.3. The molecule has 29 heavy (non-hydrogen) atoms. The van der Waals surface area contributed by atoms with Gasteiger partial charge in [0.25, 0.3) is 5.91 Å². The third kappa shape index (κ3) is 5.55. The van der Waals surface area contributed by atoms with Crippen LogP contribution >= 0.6 is 11.8 Å². The average molecular weight is 417 g/mol. The highest BCUT2D eigenvalue weighted by Crippen LogP contribution is 2.19. The van der Waals surface area contributed by atoms with Gasteiger partial charge in [0.2, 0.25) is 5.89 Å². The predicted molar refractivity (Wildman–Crippen MR) is 104 cm³/mol. The topological polar surface area (TPSA) is 103 Å². The van der Waals surface area contributed by atoms with E-state index in [-0.39, 0.29) is 5.89 Å². The lowest BCUT2D eigenvalue weighted by atomic mass is 10.2. The highest BCUT2D eigenvalue weighted by molar-refractivity contribution is 7.98. The standard InChI is InChI=1S/C19H16FN3O5S/c1-29-15-4-2-3-14(9-15)21-16(24)11-27-17(25)10-23-19(26)28-18(22-23)12-5-7-13(20)8-6-12/h2-9H,10-11H2,1H3,(H,21,24). The molecule has 0 radical (unpaired) electrons. The van der Waals surface area contributed by atoms with Crippen LogP contribution in [-0.4, -0.2) is 34.5 Å². The van der Waals surface area contributed by atoms with Gasteiger partial charge < -0.3 is 14.5 Å². The number of rotatable bonds is 7. The van der Waals surface area contributed by atoms with E-state index < -0.39 is 36.6 Å². The summed E-state index contributed by atoms with van der Waals surface area (Å²) in [7, 11) is 0. The minimum Gasteiger partial charge on any atom is -0.454 e. The number of benzene rings is 2. The number of hydrogen-bond acceptors (Lipinski definition) is 7. The van der Waals surface area contributed by atoms with Gasteiger partial charge in [-0.3, -0.25) is 9.59 Å². The number of amides is 1. The van der Waals surface area contributed by atoms with Crippen molar-refractivity contribution in [3.8, 4) is 11.5 Å². The summed E-state index contributed by atoms with van der Waals surface area (Å²) in [5.41, 5.74) is 0.956. The van der Waals surface area contributed by atoms with Crippen LogP contribution in [0.1, 0.15) is 0 Å². The normalized spacial score (nSPS) is 10.6. The second-order valence-corrected chi connectivity index (χ2v) is 6.66. The maximum Gasteiger partial charge on any atom is 0.437 e. The SMILES string of the molecule is CSc1cccc(NC(=O)COC(=O)Cn2nc(-c3ccc(F)cc3)oc2=O)c1. The Hall–Kier alpha value is -3.40. The third-order valence-electron chi connectivity index (χ3n) is 3.69. The summed E-state index contributed by atoms with van der Waals surface area (Å²) in [6.45, 7) is -1.04. The molecule has 0 saturated heterocycles. The number of ether oxygens (including phenoxy) is 1. The van der Waals surface area contributed by atoms with Crippen molar-refractivity contribution in [2.24, 2.45) is 0 Å². The molecule has 1 N–H and O–H groups in total. The molecule has 10 heteroatoms. The van der Waals surface area contributed by atoms with Crippen molar-refractivity contribution in [1.82, 2.24) is 9.78 Å². The van der Waals surface area contributed by atoms with Crippen LogP contribution in [0.2, 0.25) is 0 Å². The van der Waals surface area contributed by atoms with Crippen molar-refractivity contribution in [1.29, 1.82) is 0 Å². The lowest BCUT2D eigenvalue weighted by molar-refractivity contribution is -0.148. The molecule has 0 aliphatic heterocycles. The fourth-order valence-electron chi connectivity index (χ4n) is 2.33. The van der Waals surface area contributed by atoms with E-state index in [1.807, 2.05) is 12.3 Å². The summed E-state index contributed by atoms with van der Waals surface area (Å²) < 4.78 is 23.6. The van der Waals surface area contributed by atoms with Crippen LogP contribution in [0.3, 0.4) is 0 Å². The molecule has 0 aliphatic carbocycles. The van der Waals surface area contributed by atoms with Crippen molar-refractivity contribution in [3.63, 3.8) is 0 Å². The van der Waals surface area contributed by atoms with E-state index in [0.717, 1.165) is 9.58 Å². The van der Waals surface area contributed by atoms with E-state index in [4.69, 9.17) is 9.15 Å². The summed E-state index contributed by atoms with van der Waals surface area (Å²) >= 11 is 1.53. The first-order chi connectivity index (χ1) is 13.9. The Kier molecular flexibility index (Phi) is 6.45. The number of esters is 1. The first-order valence-electron chi connectivity index (χ1n) is 8.38. The number of hydrogen-bond donors (Lipinski definition) is 1. The summed E-state index contributed by atoms with van der Waals surface area (Å²) in [6, 6.07) is 12.4. The highest BCUT2D eigenvalue weighted by atomic mass is 32.2.